The largest absolute Gasteiger partial charge is 0.444 e. The Kier molecular flexibility index (Phi) is 14.2. The highest BCUT2D eigenvalue weighted by Crippen LogP contribution is 2.32. The van der Waals surface area contributed by atoms with E-state index in [0.717, 1.165) is 0 Å². The maximum absolute atomic E-state index is 13.1. The Morgan fingerprint density at radius 2 is 1.76 bits per heavy atom. The number of benzene rings is 1. The van der Waals surface area contributed by atoms with Crippen LogP contribution in [0, 0.1) is 0 Å². The molecule has 1 saturated heterocycles. The molecule has 0 saturated carbocycles. The number of carbonyl (C=O) groups excluding carboxylic acids is 5. The summed E-state index contributed by atoms with van der Waals surface area (Å²) in [5, 5.41) is 8.52. The van der Waals surface area contributed by atoms with Gasteiger partial charge in [0.1, 0.15) is 11.6 Å². The standard InChI is InChI=1S/C30H43N7O9/c1-30(2,3)46-29(42)36(13-15-44-17-19-45-18-16-43-14-11-32-35-31)12-5-8-25(38)33-23-7-4-6-21-22(23)20-37(28(21)41)24-9-10-26(39)34-27(24)40/h4,6-7,24H,5,8-20H2,1-3H3,(H,33,38)(H,34,39,40). The molecule has 0 aromatic heterocycles. The molecule has 2 N–H and O–H groups in total. The molecule has 5 amide bonds. The minimum Gasteiger partial charge on any atom is -0.444 e. The molecule has 0 aliphatic carbocycles. The van der Waals surface area contributed by atoms with E-state index in [1.165, 1.54) is 9.80 Å². The van der Waals surface area contributed by atoms with Gasteiger partial charge in [0.15, 0.2) is 0 Å². The number of azide groups is 1. The fraction of sp³-hybridized carbons (Fsp3) is 0.633. The van der Waals surface area contributed by atoms with Gasteiger partial charge in [0.25, 0.3) is 5.91 Å². The third-order valence-electron chi connectivity index (χ3n) is 6.99. The van der Waals surface area contributed by atoms with Gasteiger partial charge in [-0.05, 0) is 51.3 Å². The highest BCUT2D eigenvalue weighted by molar-refractivity contribution is 6.06. The number of hydrogen-bond donors (Lipinski definition) is 2. The molecule has 1 fully saturated rings. The first-order valence-electron chi connectivity index (χ1n) is 15.3. The van der Waals surface area contributed by atoms with Crippen LogP contribution in [0.15, 0.2) is 23.3 Å². The van der Waals surface area contributed by atoms with E-state index in [9.17, 15) is 24.0 Å². The number of rotatable bonds is 18. The molecular weight excluding hydrogens is 602 g/mol. The Morgan fingerprint density at radius 3 is 2.43 bits per heavy atom. The van der Waals surface area contributed by atoms with E-state index in [-0.39, 0.29) is 69.8 Å². The molecule has 1 unspecified atom stereocenters. The number of hydrogen-bond acceptors (Lipinski definition) is 10. The summed E-state index contributed by atoms with van der Waals surface area (Å²) in [7, 11) is 0. The van der Waals surface area contributed by atoms with Gasteiger partial charge < -0.3 is 34.1 Å². The Bertz CT molecular complexity index is 1290. The van der Waals surface area contributed by atoms with Gasteiger partial charge in [-0.2, -0.15) is 0 Å². The van der Waals surface area contributed by atoms with Crippen molar-refractivity contribution < 1.29 is 42.9 Å². The van der Waals surface area contributed by atoms with Crippen LogP contribution in [0.1, 0.15) is 62.4 Å². The number of ether oxygens (including phenoxy) is 4. The highest BCUT2D eigenvalue weighted by Gasteiger charge is 2.40. The summed E-state index contributed by atoms with van der Waals surface area (Å²) in [6, 6.07) is 4.26. The van der Waals surface area contributed by atoms with Gasteiger partial charge in [-0.1, -0.05) is 11.2 Å². The number of anilines is 1. The van der Waals surface area contributed by atoms with Crippen LogP contribution in [0.25, 0.3) is 10.4 Å². The summed E-state index contributed by atoms with van der Waals surface area (Å²) in [6.07, 6.45) is 0.340. The quantitative estimate of drug-likeness (QED) is 0.0791. The zero-order valence-electron chi connectivity index (χ0n) is 26.6. The molecule has 0 radical (unpaired) electrons. The van der Waals surface area contributed by atoms with Crippen LogP contribution in [0.4, 0.5) is 10.5 Å². The predicted octanol–water partition coefficient (Wildman–Crippen LogP) is 2.76. The molecule has 2 aliphatic rings. The highest BCUT2D eigenvalue weighted by atomic mass is 16.6. The summed E-state index contributed by atoms with van der Waals surface area (Å²) in [6.45, 7) is 8.19. The van der Waals surface area contributed by atoms with Crippen molar-refractivity contribution in [1.29, 1.82) is 0 Å². The minimum atomic E-state index is -0.751. The van der Waals surface area contributed by atoms with Crippen molar-refractivity contribution in [2.24, 2.45) is 5.11 Å². The lowest BCUT2D eigenvalue weighted by Gasteiger charge is -2.29. The Balaban J connectivity index is 1.44. The first kappa shape index (κ1) is 36.2. The molecule has 46 heavy (non-hydrogen) atoms. The molecule has 3 rings (SSSR count). The molecule has 252 valence electrons. The number of piperidine rings is 1. The van der Waals surface area contributed by atoms with E-state index >= 15 is 0 Å². The number of fused-ring (bicyclic) bond motifs is 1. The summed E-state index contributed by atoms with van der Waals surface area (Å²) in [4.78, 5) is 68.3. The number of carbonyl (C=O) groups is 5. The van der Waals surface area contributed by atoms with Crippen molar-refractivity contribution in [1.82, 2.24) is 15.1 Å². The van der Waals surface area contributed by atoms with Gasteiger partial charge in [-0.25, -0.2) is 4.79 Å². The summed E-state index contributed by atoms with van der Waals surface area (Å²) < 4.78 is 21.8. The second-order valence-electron chi connectivity index (χ2n) is 11.6. The SMILES string of the molecule is CC(C)(C)OC(=O)N(CCCC(=O)Nc1cccc2c1CN(C1CCC(=O)NC1=O)C2=O)CCOCCOCCOCCN=[N+]=[N-]. The molecule has 2 heterocycles. The molecule has 2 aliphatic heterocycles. The van der Waals surface area contributed by atoms with Crippen LogP contribution in [-0.2, 0) is 39.9 Å². The van der Waals surface area contributed by atoms with Crippen LogP contribution in [0.3, 0.4) is 0 Å². The second-order valence-corrected chi connectivity index (χ2v) is 11.6. The van der Waals surface area contributed by atoms with Crippen LogP contribution in [-0.4, -0.2) is 110 Å². The van der Waals surface area contributed by atoms with Crippen molar-refractivity contribution >= 4 is 35.4 Å². The monoisotopic (exact) mass is 645 g/mol. The first-order valence-corrected chi connectivity index (χ1v) is 15.3. The lowest BCUT2D eigenvalue weighted by molar-refractivity contribution is -0.137. The van der Waals surface area contributed by atoms with Crippen molar-refractivity contribution in [3.05, 3.63) is 39.8 Å². The van der Waals surface area contributed by atoms with Crippen LogP contribution >= 0.6 is 0 Å². The zero-order valence-corrected chi connectivity index (χ0v) is 26.6. The first-order chi connectivity index (χ1) is 22.0. The van der Waals surface area contributed by atoms with Gasteiger partial charge in [0.2, 0.25) is 17.7 Å². The zero-order chi connectivity index (χ0) is 33.5. The predicted molar refractivity (Wildman–Crippen MR) is 165 cm³/mol. The lowest BCUT2D eigenvalue weighted by Crippen LogP contribution is -2.52. The van der Waals surface area contributed by atoms with Crippen molar-refractivity contribution in [3.8, 4) is 0 Å². The number of imide groups is 1. The molecule has 1 aromatic rings. The molecule has 16 nitrogen and oxygen atoms in total. The summed E-state index contributed by atoms with van der Waals surface area (Å²) in [5.74, 6) is -1.48. The molecule has 1 aromatic carbocycles. The fourth-order valence-corrected chi connectivity index (χ4v) is 4.83. The molecule has 0 bridgehead atoms. The van der Waals surface area contributed by atoms with Gasteiger partial charge in [-0.3, -0.25) is 24.5 Å². The van der Waals surface area contributed by atoms with Gasteiger partial charge >= 0.3 is 6.09 Å². The van der Waals surface area contributed by atoms with Gasteiger partial charge in [-0.15, -0.1) is 0 Å². The Labute approximate surface area is 267 Å². The maximum atomic E-state index is 13.1. The number of nitrogens with zero attached hydrogens (tertiary/aromatic N) is 5. The van der Waals surface area contributed by atoms with Crippen LogP contribution < -0.4 is 10.6 Å². The number of amides is 5. The molecular formula is C30H43N7O9. The number of nitrogens with one attached hydrogen (secondary N) is 2. The third kappa shape index (κ3) is 11.6. The topological polar surface area (TPSA) is 202 Å². The molecule has 16 heteroatoms. The van der Waals surface area contributed by atoms with Gasteiger partial charge in [0.05, 0.1) is 39.6 Å². The third-order valence-corrected chi connectivity index (χ3v) is 6.99. The van der Waals surface area contributed by atoms with Crippen molar-refractivity contribution in [3.63, 3.8) is 0 Å². The van der Waals surface area contributed by atoms with E-state index in [4.69, 9.17) is 24.5 Å². The fourth-order valence-electron chi connectivity index (χ4n) is 4.83. The van der Waals surface area contributed by atoms with Crippen molar-refractivity contribution in [2.75, 3.05) is 64.6 Å². The maximum Gasteiger partial charge on any atom is 0.410 e. The average molecular weight is 646 g/mol. The Hall–Kier alpha value is -4.24. The second kappa shape index (κ2) is 18.0. The smallest absolute Gasteiger partial charge is 0.410 e. The summed E-state index contributed by atoms with van der Waals surface area (Å²) >= 11 is 0. The Morgan fingerprint density at radius 1 is 1.07 bits per heavy atom. The molecule has 0 spiro atoms. The van der Waals surface area contributed by atoms with E-state index in [1.807, 2.05) is 0 Å². The lowest BCUT2D eigenvalue weighted by atomic mass is 10.0. The normalized spacial score (nSPS) is 16.0. The minimum absolute atomic E-state index is 0.105. The van der Waals surface area contributed by atoms with Gasteiger partial charge in [0, 0.05) is 60.7 Å². The summed E-state index contributed by atoms with van der Waals surface area (Å²) in [5.41, 5.74) is 9.01. The van der Waals surface area contributed by atoms with Crippen LogP contribution in [0.2, 0.25) is 0 Å². The van der Waals surface area contributed by atoms with Crippen molar-refractivity contribution in [2.45, 2.75) is 64.6 Å². The van der Waals surface area contributed by atoms with E-state index < -0.39 is 23.6 Å². The van der Waals surface area contributed by atoms with E-state index in [0.29, 0.717) is 56.3 Å². The molecule has 1 atom stereocenters. The van der Waals surface area contributed by atoms with E-state index in [1.54, 1.807) is 39.0 Å². The van der Waals surface area contributed by atoms with Crippen LogP contribution in [0.5, 0.6) is 0 Å². The van der Waals surface area contributed by atoms with E-state index in [2.05, 4.69) is 20.7 Å². The average Bonchev–Trinajstić information content (AvgIpc) is 3.32.